The third-order valence-electron chi connectivity index (χ3n) is 3.73. The zero-order valence-electron chi connectivity index (χ0n) is 17.1. The van der Waals surface area contributed by atoms with E-state index >= 15 is 0 Å². The standard InChI is InChI=1S/C21H27FN4O3.HI/c1-3-24-21(25-12-15(2)29-19-9-5-7-17(22)11-19)26-13-16-6-4-8-18(10-16)28-14-20(23)27;/h4-11,15H,3,12-14H2,1-2H3,(H2,23,27)(H2,24,25,26);1H. The summed E-state index contributed by atoms with van der Waals surface area (Å²) in [7, 11) is 0. The minimum atomic E-state index is -0.526. The number of guanidine groups is 1. The van der Waals surface area contributed by atoms with Gasteiger partial charge in [-0.3, -0.25) is 4.79 Å². The molecule has 2 aromatic rings. The quantitative estimate of drug-likeness (QED) is 0.250. The van der Waals surface area contributed by atoms with Crippen LogP contribution in [0.25, 0.3) is 0 Å². The smallest absolute Gasteiger partial charge is 0.255 e. The summed E-state index contributed by atoms with van der Waals surface area (Å²) in [6.07, 6.45) is -0.189. The molecule has 0 spiro atoms. The lowest BCUT2D eigenvalue weighted by atomic mass is 10.2. The predicted molar refractivity (Wildman–Crippen MR) is 126 cm³/mol. The van der Waals surface area contributed by atoms with E-state index in [9.17, 15) is 9.18 Å². The third kappa shape index (κ3) is 9.77. The van der Waals surface area contributed by atoms with E-state index in [1.165, 1.54) is 12.1 Å². The first-order chi connectivity index (χ1) is 14.0. The number of benzene rings is 2. The Morgan fingerprint density at radius 3 is 2.60 bits per heavy atom. The molecule has 2 aromatic carbocycles. The van der Waals surface area contributed by atoms with Crippen molar-refractivity contribution in [2.45, 2.75) is 26.5 Å². The average Bonchev–Trinajstić information content (AvgIpc) is 2.69. The van der Waals surface area contributed by atoms with E-state index < -0.39 is 5.91 Å². The summed E-state index contributed by atoms with van der Waals surface area (Å²) in [6, 6.07) is 13.4. The number of rotatable bonds is 10. The molecule has 0 aromatic heterocycles. The minimum absolute atomic E-state index is 0. The van der Waals surface area contributed by atoms with Crippen molar-refractivity contribution in [3.05, 3.63) is 59.9 Å². The summed E-state index contributed by atoms with van der Waals surface area (Å²) in [5.74, 6) is 0.812. The van der Waals surface area contributed by atoms with Gasteiger partial charge in [-0.25, -0.2) is 9.38 Å². The van der Waals surface area contributed by atoms with Crippen molar-refractivity contribution in [3.63, 3.8) is 0 Å². The normalized spacial score (nSPS) is 11.8. The van der Waals surface area contributed by atoms with E-state index in [1.54, 1.807) is 18.2 Å². The van der Waals surface area contributed by atoms with Crippen molar-refractivity contribution in [3.8, 4) is 11.5 Å². The zero-order valence-corrected chi connectivity index (χ0v) is 19.4. The molecule has 30 heavy (non-hydrogen) atoms. The molecule has 1 amide bonds. The summed E-state index contributed by atoms with van der Waals surface area (Å²) < 4.78 is 24.3. The second kappa shape index (κ2) is 13.6. The fourth-order valence-corrected chi connectivity index (χ4v) is 2.45. The number of primary amides is 1. The number of hydrogen-bond acceptors (Lipinski definition) is 4. The van der Waals surface area contributed by atoms with E-state index in [4.69, 9.17) is 15.2 Å². The Morgan fingerprint density at radius 1 is 1.17 bits per heavy atom. The second-order valence-corrected chi connectivity index (χ2v) is 6.36. The summed E-state index contributed by atoms with van der Waals surface area (Å²) in [4.78, 5) is 15.4. The molecule has 0 fully saturated rings. The molecule has 0 aliphatic heterocycles. The largest absolute Gasteiger partial charge is 0.489 e. The average molecular weight is 530 g/mol. The lowest BCUT2D eigenvalue weighted by Crippen LogP contribution is -2.41. The first kappa shape index (κ1) is 25.5. The zero-order chi connectivity index (χ0) is 21.1. The molecule has 0 saturated carbocycles. The molecule has 0 heterocycles. The fourth-order valence-electron chi connectivity index (χ4n) is 2.45. The minimum Gasteiger partial charge on any atom is -0.489 e. The van der Waals surface area contributed by atoms with E-state index in [0.29, 0.717) is 37.1 Å². The summed E-state index contributed by atoms with van der Waals surface area (Å²) in [5.41, 5.74) is 6.02. The highest BCUT2D eigenvalue weighted by Gasteiger charge is 2.07. The molecule has 0 aliphatic rings. The fraction of sp³-hybridized carbons (Fsp3) is 0.333. The SMILES string of the molecule is CCNC(=NCc1cccc(OCC(N)=O)c1)NCC(C)Oc1cccc(F)c1.I. The molecule has 1 unspecified atom stereocenters. The number of ether oxygens (including phenoxy) is 2. The Kier molecular flexibility index (Phi) is 11.6. The van der Waals surface area contributed by atoms with Crippen LogP contribution in [0.15, 0.2) is 53.5 Å². The molecular weight excluding hydrogens is 502 g/mol. The molecule has 164 valence electrons. The number of nitrogens with two attached hydrogens (primary N) is 1. The van der Waals surface area contributed by atoms with Crippen LogP contribution >= 0.6 is 24.0 Å². The number of carbonyl (C=O) groups excluding carboxylic acids is 1. The Labute approximate surface area is 193 Å². The van der Waals surface area contributed by atoms with Crippen molar-refractivity contribution >= 4 is 35.8 Å². The molecule has 4 N–H and O–H groups in total. The highest BCUT2D eigenvalue weighted by Crippen LogP contribution is 2.14. The van der Waals surface area contributed by atoms with Crippen LogP contribution in [0.2, 0.25) is 0 Å². The van der Waals surface area contributed by atoms with Crippen LogP contribution in [0.1, 0.15) is 19.4 Å². The molecule has 1 atom stereocenters. The number of aliphatic imine (C=N–C) groups is 1. The maximum Gasteiger partial charge on any atom is 0.255 e. The molecule has 0 saturated heterocycles. The Morgan fingerprint density at radius 2 is 1.90 bits per heavy atom. The van der Waals surface area contributed by atoms with Gasteiger partial charge in [-0.1, -0.05) is 18.2 Å². The van der Waals surface area contributed by atoms with Gasteiger partial charge >= 0.3 is 0 Å². The lowest BCUT2D eigenvalue weighted by Gasteiger charge is -2.17. The van der Waals surface area contributed by atoms with Gasteiger partial charge in [0.05, 0.1) is 13.1 Å². The van der Waals surface area contributed by atoms with Crippen LogP contribution in [0, 0.1) is 5.82 Å². The topological polar surface area (TPSA) is 98.0 Å². The highest BCUT2D eigenvalue weighted by atomic mass is 127. The van der Waals surface area contributed by atoms with Crippen molar-refractivity contribution in [2.75, 3.05) is 19.7 Å². The van der Waals surface area contributed by atoms with E-state index in [2.05, 4.69) is 15.6 Å². The van der Waals surface area contributed by atoms with Gasteiger partial charge in [0.15, 0.2) is 12.6 Å². The maximum atomic E-state index is 13.3. The van der Waals surface area contributed by atoms with Crippen molar-refractivity contribution in [2.24, 2.45) is 10.7 Å². The van der Waals surface area contributed by atoms with Gasteiger partial charge in [-0.2, -0.15) is 0 Å². The molecular formula is C21H28FIN4O3. The van der Waals surface area contributed by atoms with Gasteiger partial charge in [0.1, 0.15) is 23.4 Å². The van der Waals surface area contributed by atoms with Gasteiger partial charge in [-0.15, -0.1) is 24.0 Å². The summed E-state index contributed by atoms with van der Waals surface area (Å²) >= 11 is 0. The number of hydrogen-bond donors (Lipinski definition) is 3. The summed E-state index contributed by atoms with van der Waals surface area (Å²) in [6.45, 7) is 5.31. The van der Waals surface area contributed by atoms with Crippen molar-refractivity contribution in [1.29, 1.82) is 0 Å². The maximum absolute atomic E-state index is 13.3. The Balaban J connectivity index is 0.00000450. The Hall–Kier alpha value is -2.56. The third-order valence-corrected chi connectivity index (χ3v) is 3.73. The van der Waals surface area contributed by atoms with Gasteiger partial charge in [0, 0.05) is 12.6 Å². The second-order valence-electron chi connectivity index (χ2n) is 6.36. The van der Waals surface area contributed by atoms with Crippen LogP contribution in [0.5, 0.6) is 11.5 Å². The Bertz CT molecular complexity index is 835. The van der Waals surface area contributed by atoms with E-state index in [-0.39, 0.29) is 42.5 Å². The molecule has 9 heteroatoms. The number of carbonyl (C=O) groups is 1. The molecule has 0 radical (unpaired) electrons. The van der Waals surface area contributed by atoms with Gasteiger partial charge in [-0.05, 0) is 43.7 Å². The predicted octanol–water partition coefficient (Wildman–Crippen LogP) is 2.83. The molecule has 0 aliphatic carbocycles. The number of nitrogens with one attached hydrogen (secondary N) is 2. The van der Waals surface area contributed by atoms with Gasteiger partial charge in [0.2, 0.25) is 0 Å². The van der Waals surface area contributed by atoms with Crippen LogP contribution in [-0.2, 0) is 11.3 Å². The van der Waals surface area contributed by atoms with Gasteiger partial charge in [0.25, 0.3) is 5.91 Å². The molecule has 2 rings (SSSR count). The van der Waals surface area contributed by atoms with Crippen LogP contribution < -0.4 is 25.8 Å². The van der Waals surface area contributed by atoms with Crippen LogP contribution in [-0.4, -0.2) is 37.7 Å². The van der Waals surface area contributed by atoms with E-state index in [0.717, 1.165) is 5.56 Å². The van der Waals surface area contributed by atoms with Crippen LogP contribution in [0.3, 0.4) is 0 Å². The van der Waals surface area contributed by atoms with Gasteiger partial charge < -0.3 is 25.8 Å². The summed E-state index contributed by atoms with van der Waals surface area (Å²) in [5, 5.41) is 6.37. The van der Waals surface area contributed by atoms with Crippen LogP contribution in [0.4, 0.5) is 4.39 Å². The number of amides is 1. The monoisotopic (exact) mass is 530 g/mol. The lowest BCUT2D eigenvalue weighted by molar-refractivity contribution is -0.119. The first-order valence-electron chi connectivity index (χ1n) is 9.40. The molecule has 0 bridgehead atoms. The molecule has 7 nitrogen and oxygen atoms in total. The number of nitrogens with zero attached hydrogens (tertiary/aromatic N) is 1. The van der Waals surface area contributed by atoms with Crippen molar-refractivity contribution in [1.82, 2.24) is 10.6 Å². The first-order valence-corrected chi connectivity index (χ1v) is 9.40. The van der Waals surface area contributed by atoms with E-state index in [1.807, 2.05) is 32.0 Å². The van der Waals surface area contributed by atoms with Crippen molar-refractivity contribution < 1.29 is 18.7 Å². The highest BCUT2D eigenvalue weighted by molar-refractivity contribution is 14.0. The number of halogens is 2.